The monoisotopic (exact) mass is 204 g/mol. The van der Waals surface area contributed by atoms with Crippen molar-refractivity contribution >= 4 is 22.6 Å². The molecule has 0 aliphatic carbocycles. The molecule has 0 atom stereocenters. The number of fused-ring (bicyclic) bond motifs is 1. The van der Waals surface area contributed by atoms with Crippen molar-refractivity contribution in [2.45, 2.75) is 0 Å². The Labute approximate surface area is 84.8 Å². The number of rotatable bonds is 1. The average molecular weight is 204 g/mol. The van der Waals surface area contributed by atoms with Crippen molar-refractivity contribution in [3.05, 3.63) is 30.0 Å². The minimum absolute atomic E-state index is 0.145. The van der Waals surface area contributed by atoms with Crippen LogP contribution in [0.4, 0.5) is 5.82 Å². The fourth-order valence-electron chi connectivity index (χ4n) is 1.40. The van der Waals surface area contributed by atoms with Gasteiger partial charge in [-0.2, -0.15) is 0 Å². The van der Waals surface area contributed by atoms with Gasteiger partial charge >= 0.3 is 5.97 Å². The average Bonchev–Trinajstić information content (AvgIpc) is 2.18. The van der Waals surface area contributed by atoms with E-state index in [0.717, 1.165) is 0 Å². The second-order valence-corrected chi connectivity index (χ2v) is 3.09. The van der Waals surface area contributed by atoms with E-state index in [1.165, 1.54) is 18.3 Å². The van der Waals surface area contributed by atoms with E-state index in [0.29, 0.717) is 10.8 Å². The number of hydrogen-bond acceptors (Lipinski definition) is 4. The number of nitrogens with zero attached hydrogens (tertiary/aromatic N) is 1. The quantitative estimate of drug-likeness (QED) is 0.649. The first-order valence-corrected chi connectivity index (χ1v) is 4.20. The van der Waals surface area contributed by atoms with Crippen LogP contribution < -0.4 is 5.73 Å². The van der Waals surface area contributed by atoms with Gasteiger partial charge in [0, 0.05) is 11.6 Å². The third-order valence-corrected chi connectivity index (χ3v) is 2.14. The number of nitrogens with two attached hydrogens (primary N) is 1. The minimum Gasteiger partial charge on any atom is -0.507 e. The van der Waals surface area contributed by atoms with Crippen LogP contribution in [0.1, 0.15) is 10.4 Å². The lowest BCUT2D eigenvalue weighted by Crippen LogP contribution is -1.98. The Hall–Kier alpha value is -2.30. The summed E-state index contributed by atoms with van der Waals surface area (Å²) in [5.41, 5.74) is 5.44. The Bertz CT molecular complexity index is 552. The van der Waals surface area contributed by atoms with E-state index in [4.69, 9.17) is 10.8 Å². The van der Waals surface area contributed by atoms with E-state index in [1.54, 1.807) is 6.07 Å². The lowest BCUT2D eigenvalue weighted by atomic mass is 10.1. The molecular formula is C10H8N2O3. The number of benzene rings is 1. The Morgan fingerprint density at radius 2 is 2.13 bits per heavy atom. The van der Waals surface area contributed by atoms with Gasteiger partial charge < -0.3 is 15.9 Å². The zero-order chi connectivity index (χ0) is 11.0. The molecule has 15 heavy (non-hydrogen) atoms. The van der Waals surface area contributed by atoms with E-state index in [-0.39, 0.29) is 17.1 Å². The molecule has 5 nitrogen and oxygen atoms in total. The van der Waals surface area contributed by atoms with Gasteiger partial charge in [0.05, 0.1) is 0 Å². The fraction of sp³-hybridized carbons (Fsp3) is 0. The largest absolute Gasteiger partial charge is 0.507 e. The highest BCUT2D eigenvalue weighted by Crippen LogP contribution is 2.27. The number of anilines is 1. The summed E-state index contributed by atoms with van der Waals surface area (Å²) >= 11 is 0. The first-order valence-electron chi connectivity index (χ1n) is 4.20. The molecule has 0 aliphatic heterocycles. The molecule has 4 N–H and O–H groups in total. The summed E-state index contributed by atoms with van der Waals surface area (Å²) in [6.45, 7) is 0. The van der Waals surface area contributed by atoms with Gasteiger partial charge in [-0.15, -0.1) is 0 Å². The molecule has 5 heteroatoms. The van der Waals surface area contributed by atoms with Gasteiger partial charge in [0.1, 0.15) is 17.1 Å². The van der Waals surface area contributed by atoms with Gasteiger partial charge in [0.2, 0.25) is 0 Å². The van der Waals surface area contributed by atoms with Gasteiger partial charge in [0.15, 0.2) is 0 Å². The zero-order valence-corrected chi connectivity index (χ0v) is 7.64. The number of hydrogen-bond donors (Lipinski definition) is 3. The van der Waals surface area contributed by atoms with Crippen LogP contribution in [0.2, 0.25) is 0 Å². The Kier molecular flexibility index (Phi) is 1.93. The van der Waals surface area contributed by atoms with E-state index in [2.05, 4.69) is 4.98 Å². The topological polar surface area (TPSA) is 96.4 Å². The summed E-state index contributed by atoms with van der Waals surface area (Å²) in [5.74, 6) is -1.22. The van der Waals surface area contributed by atoms with Crippen LogP contribution in [-0.4, -0.2) is 21.2 Å². The van der Waals surface area contributed by atoms with Crippen LogP contribution >= 0.6 is 0 Å². The molecule has 2 rings (SSSR count). The Morgan fingerprint density at radius 1 is 1.40 bits per heavy atom. The van der Waals surface area contributed by atoms with E-state index >= 15 is 0 Å². The molecule has 1 aromatic carbocycles. The second kappa shape index (κ2) is 3.13. The van der Waals surface area contributed by atoms with Crippen molar-refractivity contribution in [3.8, 4) is 5.75 Å². The van der Waals surface area contributed by atoms with E-state index < -0.39 is 5.97 Å². The number of aromatic carboxylic acids is 1. The van der Waals surface area contributed by atoms with Gasteiger partial charge in [-0.3, -0.25) is 0 Å². The van der Waals surface area contributed by atoms with Crippen molar-refractivity contribution < 1.29 is 15.0 Å². The summed E-state index contributed by atoms with van der Waals surface area (Å²) < 4.78 is 0. The standard InChI is InChI=1S/C10H8N2O3/c11-9-6-4-8(13)7(10(14)15)3-5(6)1-2-12-9/h1-4,13H,(H2,11,12)(H,14,15). The van der Waals surface area contributed by atoms with E-state index in [1.807, 2.05) is 0 Å². The normalized spacial score (nSPS) is 10.4. The summed E-state index contributed by atoms with van der Waals surface area (Å²) in [7, 11) is 0. The SMILES string of the molecule is Nc1nccc2cc(C(=O)O)c(O)cc12. The van der Waals surface area contributed by atoms with Crippen molar-refractivity contribution in [2.24, 2.45) is 0 Å². The maximum Gasteiger partial charge on any atom is 0.339 e. The first-order chi connectivity index (χ1) is 7.09. The lowest BCUT2D eigenvalue weighted by molar-refractivity contribution is 0.0694. The highest BCUT2D eigenvalue weighted by molar-refractivity contribution is 6.00. The highest BCUT2D eigenvalue weighted by atomic mass is 16.4. The van der Waals surface area contributed by atoms with Crippen LogP contribution in [0.15, 0.2) is 24.4 Å². The third-order valence-electron chi connectivity index (χ3n) is 2.14. The van der Waals surface area contributed by atoms with Gasteiger partial charge in [-0.1, -0.05) is 0 Å². The van der Waals surface area contributed by atoms with Crippen molar-refractivity contribution in [2.75, 3.05) is 5.73 Å². The molecule has 0 saturated heterocycles. The van der Waals surface area contributed by atoms with Crippen molar-refractivity contribution in [1.29, 1.82) is 0 Å². The van der Waals surface area contributed by atoms with Crippen molar-refractivity contribution in [3.63, 3.8) is 0 Å². The molecular weight excluding hydrogens is 196 g/mol. The number of nitrogen functional groups attached to an aromatic ring is 1. The number of carboxylic acid groups (broad SMARTS) is 1. The molecule has 0 saturated carbocycles. The highest BCUT2D eigenvalue weighted by Gasteiger charge is 2.11. The summed E-state index contributed by atoms with van der Waals surface area (Å²) in [4.78, 5) is 14.6. The molecule has 0 aliphatic rings. The Morgan fingerprint density at radius 3 is 2.80 bits per heavy atom. The van der Waals surface area contributed by atoms with Gasteiger partial charge in [-0.05, 0) is 23.6 Å². The molecule has 0 radical (unpaired) electrons. The van der Waals surface area contributed by atoms with Crippen LogP contribution in [-0.2, 0) is 0 Å². The molecule has 1 aromatic heterocycles. The first kappa shape index (κ1) is 9.26. The molecule has 0 unspecified atom stereocenters. The smallest absolute Gasteiger partial charge is 0.339 e. The molecule has 0 fully saturated rings. The molecule has 76 valence electrons. The predicted molar refractivity (Wildman–Crippen MR) is 54.8 cm³/mol. The number of pyridine rings is 1. The molecule has 0 spiro atoms. The number of aromatic nitrogens is 1. The van der Waals surface area contributed by atoms with Gasteiger partial charge in [0.25, 0.3) is 0 Å². The van der Waals surface area contributed by atoms with Crippen LogP contribution in [0.5, 0.6) is 5.75 Å². The lowest BCUT2D eigenvalue weighted by Gasteiger charge is -2.04. The number of carboxylic acids is 1. The van der Waals surface area contributed by atoms with Crippen LogP contribution in [0, 0.1) is 0 Å². The Balaban J connectivity index is 2.82. The van der Waals surface area contributed by atoms with Crippen molar-refractivity contribution in [1.82, 2.24) is 4.98 Å². The maximum atomic E-state index is 10.7. The van der Waals surface area contributed by atoms with E-state index in [9.17, 15) is 9.90 Å². The number of aromatic hydroxyl groups is 1. The fourth-order valence-corrected chi connectivity index (χ4v) is 1.40. The summed E-state index contributed by atoms with van der Waals surface area (Å²) in [6, 6.07) is 4.31. The van der Waals surface area contributed by atoms with Gasteiger partial charge in [-0.25, -0.2) is 9.78 Å². The van der Waals surface area contributed by atoms with Crippen LogP contribution in [0.3, 0.4) is 0 Å². The maximum absolute atomic E-state index is 10.7. The second-order valence-electron chi connectivity index (χ2n) is 3.09. The summed E-state index contributed by atoms with van der Waals surface area (Å²) in [5, 5.41) is 19.4. The zero-order valence-electron chi connectivity index (χ0n) is 7.64. The summed E-state index contributed by atoms with van der Waals surface area (Å²) in [6.07, 6.45) is 1.49. The molecule has 0 amide bonds. The third kappa shape index (κ3) is 1.43. The van der Waals surface area contributed by atoms with Crippen LogP contribution in [0.25, 0.3) is 10.8 Å². The molecule has 1 heterocycles. The number of carbonyl (C=O) groups is 1. The molecule has 0 bridgehead atoms. The molecule has 2 aromatic rings. The number of phenols is 1. The minimum atomic E-state index is -1.18. The predicted octanol–water partition coefficient (Wildman–Crippen LogP) is 1.22.